The van der Waals surface area contributed by atoms with Crippen molar-refractivity contribution < 1.29 is 0 Å². The molecule has 0 amide bonds. The van der Waals surface area contributed by atoms with Crippen molar-refractivity contribution in [1.82, 2.24) is 4.98 Å². The van der Waals surface area contributed by atoms with Gasteiger partial charge < -0.3 is 11.1 Å². The van der Waals surface area contributed by atoms with Crippen LogP contribution in [-0.2, 0) is 0 Å². The molecule has 0 aliphatic heterocycles. The predicted molar refractivity (Wildman–Crippen MR) is 77.5 cm³/mol. The molecule has 2 rings (SSSR count). The molecular formula is C9H8IN3S2. The van der Waals surface area contributed by atoms with Gasteiger partial charge in [-0.3, -0.25) is 0 Å². The fourth-order valence-corrected chi connectivity index (χ4v) is 3.46. The zero-order valence-corrected chi connectivity index (χ0v) is 11.7. The maximum absolute atomic E-state index is 5.40. The highest BCUT2D eigenvalue weighted by atomic mass is 127. The lowest BCUT2D eigenvalue weighted by Gasteiger charge is -1.95. The fourth-order valence-electron chi connectivity index (χ4n) is 1.31. The van der Waals surface area contributed by atoms with Gasteiger partial charge in [-0.25, -0.2) is 4.98 Å². The van der Waals surface area contributed by atoms with Crippen LogP contribution in [0.15, 0.2) is 12.1 Å². The molecule has 0 saturated carbocycles. The van der Waals surface area contributed by atoms with Crippen molar-refractivity contribution in [2.45, 2.75) is 6.92 Å². The molecule has 0 fully saturated rings. The molecule has 1 aromatic heterocycles. The van der Waals surface area contributed by atoms with Gasteiger partial charge in [-0.1, -0.05) is 11.3 Å². The number of hydrogen-bond donors (Lipinski definition) is 2. The minimum absolute atomic E-state index is 0.251. The lowest BCUT2D eigenvalue weighted by Crippen LogP contribution is -2.18. The van der Waals surface area contributed by atoms with Gasteiger partial charge in [0.1, 0.15) is 0 Å². The number of nitrogens with one attached hydrogen (secondary N) is 1. The number of thiazole rings is 1. The molecule has 2 aromatic rings. The fraction of sp³-hybridized carbons (Fsp3) is 0.111. The van der Waals surface area contributed by atoms with Crippen molar-refractivity contribution in [3.63, 3.8) is 0 Å². The van der Waals surface area contributed by atoms with E-state index in [4.69, 9.17) is 18.0 Å². The smallest absolute Gasteiger partial charge is 0.190 e. The van der Waals surface area contributed by atoms with Gasteiger partial charge in [-0.15, -0.1) is 0 Å². The van der Waals surface area contributed by atoms with Gasteiger partial charge in [0.2, 0.25) is 0 Å². The summed E-state index contributed by atoms with van der Waals surface area (Å²) in [5, 5.41) is 3.86. The Morgan fingerprint density at radius 1 is 1.60 bits per heavy atom. The van der Waals surface area contributed by atoms with Crippen LogP contribution in [0.4, 0.5) is 5.13 Å². The standard InChI is InChI=1S/C9H8IN3S2/c1-4-2-5(10)3-6-7(4)12-9(15-6)13-8(11)14/h2-3H,1H3,(H3,11,12,13,14). The summed E-state index contributed by atoms with van der Waals surface area (Å²) in [6.45, 7) is 2.05. The first-order chi connectivity index (χ1) is 7.06. The Bertz CT molecular complexity index is 535. The van der Waals surface area contributed by atoms with Crippen LogP contribution < -0.4 is 11.1 Å². The molecule has 0 spiro atoms. The molecule has 3 N–H and O–H groups in total. The Morgan fingerprint density at radius 2 is 2.33 bits per heavy atom. The second-order valence-electron chi connectivity index (χ2n) is 3.08. The first-order valence-corrected chi connectivity index (χ1v) is 6.50. The largest absolute Gasteiger partial charge is 0.376 e. The highest BCUT2D eigenvalue weighted by molar-refractivity contribution is 14.1. The number of anilines is 1. The number of aromatic nitrogens is 1. The van der Waals surface area contributed by atoms with Crippen LogP contribution in [0.25, 0.3) is 10.2 Å². The van der Waals surface area contributed by atoms with E-state index in [2.05, 4.69) is 51.9 Å². The van der Waals surface area contributed by atoms with Crippen LogP contribution in [0, 0.1) is 10.5 Å². The summed E-state index contributed by atoms with van der Waals surface area (Å²) in [5.74, 6) is 0. The Balaban J connectivity index is 2.55. The monoisotopic (exact) mass is 349 g/mol. The van der Waals surface area contributed by atoms with E-state index >= 15 is 0 Å². The van der Waals surface area contributed by atoms with E-state index in [1.807, 2.05) is 0 Å². The van der Waals surface area contributed by atoms with Crippen molar-refractivity contribution in [3.05, 3.63) is 21.3 Å². The number of nitrogens with zero attached hydrogens (tertiary/aromatic N) is 1. The average Bonchev–Trinajstić information content (AvgIpc) is 2.45. The van der Waals surface area contributed by atoms with Gasteiger partial charge in [0.15, 0.2) is 10.2 Å². The van der Waals surface area contributed by atoms with E-state index in [1.165, 1.54) is 9.13 Å². The Labute approximate surface area is 110 Å². The van der Waals surface area contributed by atoms with E-state index in [0.717, 1.165) is 15.3 Å². The molecule has 3 nitrogen and oxygen atoms in total. The molecule has 0 aliphatic rings. The van der Waals surface area contributed by atoms with Crippen LogP contribution in [0.2, 0.25) is 0 Å². The lowest BCUT2D eigenvalue weighted by atomic mass is 10.2. The van der Waals surface area contributed by atoms with Crippen molar-refractivity contribution >= 4 is 66.6 Å². The number of hydrogen-bond acceptors (Lipinski definition) is 3. The maximum atomic E-state index is 5.40. The van der Waals surface area contributed by atoms with E-state index in [0.29, 0.717) is 0 Å². The number of fused-ring (bicyclic) bond motifs is 1. The summed E-state index contributed by atoms with van der Waals surface area (Å²) in [5.41, 5.74) is 7.58. The van der Waals surface area contributed by atoms with Crippen LogP contribution in [0.3, 0.4) is 0 Å². The van der Waals surface area contributed by atoms with Crippen molar-refractivity contribution in [2.75, 3.05) is 5.32 Å². The number of thiocarbonyl (C=S) groups is 1. The van der Waals surface area contributed by atoms with Crippen molar-refractivity contribution in [1.29, 1.82) is 0 Å². The quantitative estimate of drug-likeness (QED) is 0.614. The van der Waals surface area contributed by atoms with Gasteiger partial charge >= 0.3 is 0 Å². The Kier molecular flexibility index (Phi) is 3.08. The van der Waals surface area contributed by atoms with E-state index in [1.54, 1.807) is 11.3 Å². The van der Waals surface area contributed by atoms with Crippen molar-refractivity contribution in [2.24, 2.45) is 5.73 Å². The van der Waals surface area contributed by atoms with Crippen LogP contribution in [0.5, 0.6) is 0 Å². The van der Waals surface area contributed by atoms with Crippen LogP contribution in [0.1, 0.15) is 5.56 Å². The molecular weight excluding hydrogens is 341 g/mol. The first-order valence-electron chi connectivity index (χ1n) is 4.19. The molecule has 6 heteroatoms. The van der Waals surface area contributed by atoms with E-state index in [-0.39, 0.29) is 5.11 Å². The summed E-state index contributed by atoms with van der Waals surface area (Å²) < 4.78 is 2.36. The van der Waals surface area contributed by atoms with Crippen LogP contribution >= 0.6 is 46.1 Å². The zero-order chi connectivity index (χ0) is 11.0. The summed E-state index contributed by atoms with van der Waals surface area (Å²) in [6, 6.07) is 4.21. The van der Waals surface area contributed by atoms with Gasteiger partial charge in [-0.2, -0.15) is 0 Å². The Hall–Kier alpha value is -0.470. The number of nitrogens with two attached hydrogens (primary N) is 1. The summed E-state index contributed by atoms with van der Waals surface area (Å²) in [4.78, 5) is 4.43. The topological polar surface area (TPSA) is 50.9 Å². The molecule has 0 atom stereocenters. The van der Waals surface area contributed by atoms with E-state index in [9.17, 15) is 0 Å². The lowest BCUT2D eigenvalue weighted by molar-refractivity contribution is 1.41. The molecule has 0 saturated heterocycles. The second-order valence-corrected chi connectivity index (χ2v) is 5.79. The number of halogens is 1. The summed E-state index contributed by atoms with van der Waals surface area (Å²) in [7, 11) is 0. The molecule has 0 unspecified atom stereocenters. The third-order valence-corrected chi connectivity index (χ3v) is 3.52. The molecule has 0 radical (unpaired) electrons. The molecule has 1 heterocycles. The first kappa shape index (κ1) is 11.0. The number of benzene rings is 1. The summed E-state index contributed by atoms with van der Waals surface area (Å²) in [6.07, 6.45) is 0. The minimum Gasteiger partial charge on any atom is -0.376 e. The highest BCUT2D eigenvalue weighted by Gasteiger charge is 2.07. The van der Waals surface area contributed by atoms with Crippen LogP contribution in [-0.4, -0.2) is 10.1 Å². The molecule has 78 valence electrons. The second kappa shape index (κ2) is 4.18. The predicted octanol–water partition coefficient (Wildman–Crippen LogP) is 2.86. The highest BCUT2D eigenvalue weighted by Crippen LogP contribution is 2.29. The third-order valence-electron chi connectivity index (χ3n) is 1.88. The summed E-state index contributed by atoms with van der Waals surface area (Å²) >= 11 is 8.63. The van der Waals surface area contributed by atoms with Gasteiger partial charge in [0.05, 0.1) is 10.2 Å². The van der Waals surface area contributed by atoms with Gasteiger partial charge in [-0.05, 0) is 59.4 Å². The van der Waals surface area contributed by atoms with Crippen molar-refractivity contribution in [3.8, 4) is 0 Å². The Morgan fingerprint density at radius 3 is 3.00 bits per heavy atom. The number of rotatable bonds is 1. The third kappa shape index (κ3) is 2.37. The van der Waals surface area contributed by atoms with Gasteiger partial charge in [0, 0.05) is 3.57 Å². The molecule has 1 aromatic carbocycles. The minimum atomic E-state index is 0.251. The molecule has 0 bridgehead atoms. The normalized spacial score (nSPS) is 10.5. The molecule has 15 heavy (non-hydrogen) atoms. The SMILES string of the molecule is Cc1cc(I)cc2sc(NC(N)=S)nc12. The zero-order valence-electron chi connectivity index (χ0n) is 7.87. The maximum Gasteiger partial charge on any atom is 0.190 e. The molecule has 0 aliphatic carbocycles. The van der Waals surface area contributed by atoms with Gasteiger partial charge in [0.25, 0.3) is 0 Å². The average molecular weight is 349 g/mol. The number of aryl methyl sites for hydroxylation is 1. The van der Waals surface area contributed by atoms with E-state index < -0.39 is 0 Å².